The van der Waals surface area contributed by atoms with Crippen molar-refractivity contribution >= 4 is 39.8 Å². The average molecular weight is 487 g/mol. The highest BCUT2D eigenvalue weighted by Gasteiger charge is 2.26. The average Bonchev–Trinajstić information content (AvgIpc) is 3.53. The normalized spacial score (nSPS) is 20.7. The smallest absolute Gasteiger partial charge is 0.255 e. The van der Waals surface area contributed by atoms with E-state index >= 15 is 0 Å². The first-order valence-electron chi connectivity index (χ1n) is 12.1. The number of benzene rings is 2. The number of ether oxygens (including phenoxy) is 1. The number of carbonyl (C=O) groups is 2. The summed E-state index contributed by atoms with van der Waals surface area (Å²) in [5.74, 6) is -0.230. The molecule has 2 amide bonds. The molecule has 1 unspecified atom stereocenters. The highest BCUT2D eigenvalue weighted by Crippen LogP contribution is 2.25. The van der Waals surface area contributed by atoms with Gasteiger partial charge >= 0.3 is 0 Å². The van der Waals surface area contributed by atoms with E-state index in [1.165, 1.54) is 0 Å². The number of carbonyl (C=O) groups excluding carboxylic acids is 2. The zero-order valence-corrected chi connectivity index (χ0v) is 20.5. The maximum atomic E-state index is 13.1. The Balaban J connectivity index is 1.43. The molecular formula is C27H30N6O3. The lowest BCUT2D eigenvalue weighted by atomic mass is 9.95. The Labute approximate surface area is 209 Å². The van der Waals surface area contributed by atoms with Crippen LogP contribution in [0.1, 0.15) is 35.7 Å². The molecule has 186 valence electrons. The number of aromatic nitrogens is 2. The number of hydrogen-bond acceptors (Lipinski definition) is 6. The summed E-state index contributed by atoms with van der Waals surface area (Å²) in [6.45, 7) is 3.89. The monoisotopic (exact) mass is 486 g/mol. The van der Waals surface area contributed by atoms with Gasteiger partial charge in [0.15, 0.2) is 0 Å². The number of fused-ring (bicyclic) bond motifs is 1. The molecule has 5 rings (SSSR count). The van der Waals surface area contributed by atoms with Crippen molar-refractivity contribution in [3.63, 3.8) is 0 Å². The third kappa shape index (κ3) is 4.87. The first-order valence-corrected chi connectivity index (χ1v) is 12.1. The van der Waals surface area contributed by atoms with E-state index in [9.17, 15) is 9.59 Å². The van der Waals surface area contributed by atoms with Gasteiger partial charge in [0.2, 0.25) is 5.91 Å². The first-order chi connectivity index (χ1) is 17.4. The Bertz CT molecular complexity index is 1380. The van der Waals surface area contributed by atoms with Gasteiger partial charge in [-0.15, -0.1) is 0 Å². The lowest BCUT2D eigenvalue weighted by Crippen LogP contribution is -2.40. The van der Waals surface area contributed by atoms with E-state index in [1.807, 2.05) is 37.4 Å². The van der Waals surface area contributed by atoms with Crippen LogP contribution in [0.5, 0.6) is 0 Å². The molecule has 2 fully saturated rings. The molecule has 0 saturated carbocycles. The number of likely N-dealkylation sites (tertiary alicyclic amines) is 1. The van der Waals surface area contributed by atoms with Gasteiger partial charge in [-0.05, 0) is 42.3 Å². The van der Waals surface area contributed by atoms with Crippen LogP contribution in [0.2, 0.25) is 0 Å². The second-order valence-electron chi connectivity index (χ2n) is 9.25. The van der Waals surface area contributed by atoms with Gasteiger partial charge < -0.3 is 20.7 Å². The van der Waals surface area contributed by atoms with Crippen molar-refractivity contribution < 1.29 is 14.3 Å². The Kier molecular flexibility index (Phi) is 6.56. The van der Waals surface area contributed by atoms with E-state index < -0.39 is 0 Å². The van der Waals surface area contributed by atoms with Gasteiger partial charge in [0, 0.05) is 73.7 Å². The maximum Gasteiger partial charge on any atom is 0.255 e. The van der Waals surface area contributed by atoms with Crippen molar-refractivity contribution in [2.24, 2.45) is 17.8 Å². The molecule has 3 N–H and O–H groups in total. The van der Waals surface area contributed by atoms with Gasteiger partial charge in [-0.2, -0.15) is 5.10 Å². The minimum Gasteiger partial charge on any atom is -0.398 e. The first kappa shape index (κ1) is 23.7. The fourth-order valence-electron chi connectivity index (χ4n) is 4.70. The summed E-state index contributed by atoms with van der Waals surface area (Å²) < 4.78 is 7.27. The van der Waals surface area contributed by atoms with Crippen molar-refractivity contribution in [1.29, 1.82) is 0 Å². The van der Waals surface area contributed by atoms with Crippen LogP contribution >= 0.6 is 0 Å². The Hall–Kier alpha value is -3.98. The molecule has 1 atom stereocenters. The van der Waals surface area contributed by atoms with E-state index in [-0.39, 0.29) is 17.9 Å². The van der Waals surface area contributed by atoms with E-state index in [2.05, 4.69) is 10.4 Å². The number of piperidine rings is 1. The van der Waals surface area contributed by atoms with Crippen LogP contribution in [-0.2, 0) is 16.6 Å². The number of amides is 2. The Morgan fingerprint density at radius 2 is 2.03 bits per heavy atom. The van der Waals surface area contributed by atoms with Crippen LogP contribution in [0.4, 0.5) is 5.69 Å². The molecule has 0 spiro atoms. The number of hydrogen-bond donors (Lipinski definition) is 2. The molecular weight excluding hydrogens is 456 g/mol. The summed E-state index contributed by atoms with van der Waals surface area (Å²) in [6, 6.07) is 13.0. The van der Waals surface area contributed by atoms with Crippen LogP contribution in [0.3, 0.4) is 0 Å². The molecule has 0 aliphatic carbocycles. The molecule has 2 aliphatic heterocycles. The van der Waals surface area contributed by atoms with Gasteiger partial charge in [-0.3, -0.25) is 19.3 Å². The van der Waals surface area contributed by atoms with Crippen LogP contribution in [-0.4, -0.2) is 64.6 Å². The Morgan fingerprint density at radius 3 is 2.81 bits per heavy atom. The second kappa shape index (κ2) is 9.94. The third-order valence-corrected chi connectivity index (χ3v) is 6.77. The zero-order chi connectivity index (χ0) is 25.2. The minimum atomic E-state index is -0.233. The third-order valence-electron chi connectivity index (χ3n) is 6.77. The van der Waals surface area contributed by atoms with Crippen molar-refractivity contribution in [3.05, 3.63) is 65.4 Å². The fourth-order valence-corrected chi connectivity index (χ4v) is 4.70. The molecule has 3 aromatic rings. The lowest BCUT2D eigenvalue weighted by Gasteiger charge is -2.30. The number of nitrogens with zero attached hydrogens (tertiary/aromatic N) is 4. The molecule has 9 nitrogen and oxygen atoms in total. The predicted octanol–water partition coefficient (Wildman–Crippen LogP) is 2.98. The van der Waals surface area contributed by atoms with Crippen molar-refractivity contribution in [2.45, 2.75) is 25.8 Å². The molecule has 36 heavy (non-hydrogen) atoms. The highest BCUT2D eigenvalue weighted by atomic mass is 16.5. The van der Waals surface area contributed by atoms with Crippen molar-refractivity contribution in [1.82, 2.24) is 14.7 Å². The van der Waals surface area contributed by atoms with Crippen molar-refractivity contribution in [2.75, 3.05) is 31.6 Å². The highest BCUT2D eigenvalue weighted by molar-refractivity contribution is 6.09. The quantitative estimate of drug-likeness (QED) is 0.588. The van der Waals surface area contributed by atoms with Gasteiger partial charge in [0.25, 0.3) is 5.91 Å². The summed E-state index contributed by atoms with van der Waals surface area (Å²) in [5.41, 5.74) is 11.8. The summed E-state index contributed by atoms with van der Waals surface area (Å²) in [5, 5.41) is 8.16. The molecule has 2 aromatic carbocycles. The predicted molar refractivity (Wildman–Crippen MR) is 140 cm³/mol. The number of aliphatic imine (C=N–C) groups is 1. The molecule has 3 heterocycles. The maximum absolute atomic E-state index is 13.1. The summed E-state index contributed by atoms with van der Waals surface area (Å²) in [7, 11) is 1.88. The second-order valence-corrected chi connectivity index (χ2v) is 9.25. The van der Waals surface area contributed by atoms with Gasteiger partial charge in [-0.25, -0.2) is 0 Å². The summed E-state index contributed by atoms with van der Waals surface area (Å²) in [6.07, 6.45) is 3.29. The lowest BCUT2D eigenvalue weighted by molar-refractivity contribution is -0.128. The molecule has 2 aliphatic rings. The van der Waals surface area contributed by atoms with Crippen LogP contribution in [0.25, 0.3) is 16.6 Å². The minimum absolute atomic E-state index is 0.00210. The fraction of sp³-hybridized carbons (Fsp3) is 0.333. The van der Waals surface area contributed by atoms with E-state index in [0.717, 1.165) is 34.2 Å². The standard InChI is InChI=1S/C27H30N6O3/c1-17(34)33-10-8-24(30-22-9-11-36-16-22)23(15-33)26(28)18-4-3-5-19(12-18)27(35)31-21-6-7-25-20(13-21)14-29-32(25)2/h3-7,12-14,22H,8-11,15-16,28H2,1-2H3,(H,31,35). The SMILES string of the molecule is CC(=O)N1CCC(=NC2CCOC2)C(=C(N)c2cccc(C(=O)Nc3ccc4c(cnn4C)c3)c2)C1. The summed E-state index contributed by atoms with van der Waals surface area (Å²) in [4.78, 5) is 31.9. The molecule has 0 radical (unpaired) electrons. The molecule has 9 heteroatoms. The van der Waals surface area contributed by atoms with Crippen LogP contribution < -0.4 is 11.1 Å². The van der Waals surface area contributed by atoms with E-state index in [0.29, 0.717) is 49.7 Å². The van der Waals surface area contributed by atoms with Crippen LogP contribution in [0.15, 0.2) is 59.2 Å². The van der Waals surface area contributed by atoms with Crippen molar-refractivity contribution in [3.8, 4) is 0 Å². The summed E-state index contributed by atoms with van der Waals surface area (Å²) >= 11 is 0. The number of aryl methyl sites for hydroxylation is 1. The van der Waals surface area contributed by atoms with Gasteiger partial charge in [-0.1, -0.05) is 12.1 Å². The zero-order valence-electron chi connectivity index (χ0n) is 20.5. The molecule has 0 bridgehead atoms. The van der Waals surface area contributed by atoms with Gasteiger partial charge in [0.05, 0.1) is 24.4 Å². The van der Waals surface area contributed by atoms with Gasteiger partial charge in [0.1, 0.15) is 0 Å². The molecule has 1 aromatic heterocycles. The van der Waals surface area contributed by atoms with Crippen LogP contribution in [0, 0.1) is 0 Å². The molecule has 2 saturated heterocycles. The van der Waals surface area contributed by atoms with E-state index in [1.54, 1.807) is 34.8 Å². The Morgan fingerprint density at radius 1 is 1.19 bits per heavy atom. The number of nitrogens with one attached hydrogen (secondary N) is 1. The number of nitrogens with two attached hydrogens (primary N) is 1. The van der Waals surface area contributed by atoms with E-state index in [4.69, 9.17) is 15.5 Å². The number of rotatable bonds is 4. The largest absolute Gasteiger partial charge is 0.398 e. The topological polar surface area (TPSA) is 115 Å². The number of anilines is 1.